The lowest BCUT2D eigenvalue weighted by Crippen LogP contribution is -2.37. The number of amides is 1. The molecule has 0 heterocycles. The molecule has 0 aliphatic carbocycles. The molecule has 0 bridgehead atoms. The van der Waals surface area contributed by atoms with Crippen LogP contribution in [0, 0.1) is 0 Å². The summed E-state index contributed by atoms with van der Waals surface area (Å²) in [5.74, 6) is 0.490. The molecule has 0 aliphatic heterocycles. The van der Waals surface area contributed by atoms with E-state index in [0.29, 0.717) is 23.9 Å². The van der Waals surface area contributed by atoms with Crippen molar-refractivity contribution in [1.29, 1.82) is 0 Å². The average molecular weight is 337 g/mol. The Morgan fingerprint density at radius 3 is 2.67 bits per heavy atom. The van der Waals surface area contributed by atoms with E-state index in [1.165, 1.54) is 7.11 Å². The van der Waals surface area contributed by atoms with Gasteiger partial charge in [0.05, 0.1) is 24.1 Å². The molecule has 0 saturated heterocycles. The van der Waals surface area contributed by atoms with Gasteiger partial charge in [0, 0.05) is 13.7 Å². The number of rotatable bonds is 8. The zero-order valence-electron chi connectivity index (χ0n) is 12.2. The Morgan fingerprint density at radius 1 is 1.43 bits per heavy atom. The second kappa shape index (κ2) is 10.7. The van der Waals surface area contributed by atoms with Crippen LogP contribution in [0.2, 0.25) is 5.02 Å². The number of para-hydroxylation sites is 1. The number of carbonyl (C=O) groups excluding carboxylic acids is 1. The molecule has 1 rings (SSSR count). The van der Waals surface area contributed by atoms with Crippen LogP contribution in [0.15, 0.2) is 24.3 Å². The van der Waals surface area contributed by atoms with Crippen LogP contribution in [0.4, 0.5) is 0 Å². The molecule has 1 amide bonds. The molecule has 0 saturated carbocycles. The van der Waals surface area contributed by atoms with E-state index in [9.17, 15) is 4.79 Å². The van der Waals surface area contributed by atoms with Gasteiger partial charge in [-0.05, 0) is 19.1 Å². The summed E-state index contributed by atoms with van der Waals surface area (Å²) in [6, 6.07) is 7.22. The predicted molar refractivity (Wildman–Crippen MR) is 86.3 cm³/mol. The van der Waals surface area contributed by atoms with Gasteiger partial charge in [0.25, 0.3) is 0 Å². The Labute approximate surface area is 136 Å². The number of halogens is 2. The highest BCUT2D eigenvalue weighted by Crippen LogP contribution is 2.23. The van der Waals surface area contributed by atoms with Gasteiger partial charge in [0.15, 0.2) is 0 Å². The lowest BCUT2D eigenvalue weighted by atomic mass is 10.2. The zero-order valence-corrected chi connectivity index (χ0v) is 13.7. The highest BCUT2D eigenvalue weighted by atomic mass is 35.5. The van der Waals surface area contributed by atoms with Gasteiger partial charge in [0.2, 0.25) is 5.91 Å². The van der Waals surface area contributed by atoms with Gasteiger partial charge in [0.1, 0.15) is 11.9 Å². The monoisotopic (exact) mass is 336 g/mol. The fourth-order valence-corrected chi connectivity index (χ4v) is 1.78. The van der Waals surface area contributed by atoms with Crippen LogP contribution >= 0.6 is 24.0 Å². The topological polar surface area (TPSA) is 73.6 Å². The van der Waals surface area contributed by atoms with Crippen molar-refractivity contribution in [2.75, 3.05) is 20.2 Å². The van der Waals surface area contributed by atoms with E-state index < -0.39 is 0 Å². The summed E-state index contributed by atoms with van der Waals surface area (Å²) >= 11 is 5.99. The van der Waals surface area contributed by atoms with Crippen molar-refractivity contribution < 1.29 is 14.3 Å². The molecule has 21 heavy (non-hydrogen) atoms. The van der Waals surface area contributed by atoms with Crippen LogP contribution in [-0.4, -0.2) is 38.3 Å². The molecule has 0 fully saturated rings. The van der Waals surface area contributed by atoms with Gasteiger partial charge < -0.3 is 20.5 Å². The Kier molecular flexibility index (Phi) is 10.2. The standard InChI is InChI=1S/C14H21ClN2O3.ClH/c1-10(20-13-6-4-3-5-12(13)15)9-17-14(18)7-11(8-16)19-2;/h3-6,10-11H,7-9,16H2,1-2H3,(H,17,18);1H. The molecule has 7 heteroatoms. The quantitative estimate of drug-likeness (QED) is 0.761. The van der Waals surface area contributed by atoms with E-state index in [0.717, 1.165) is 0 Å². The third kappa shape index (κ3) is 7.52. The van der Waals surface area contributed by atoms with E-state index in [1.807, 2.05) is 19.1 Å². The second-order valence-electron chi connectivity index (χ2n) is 4.46. The summed E-state index contributed by atoms with van der Waals surface area (Å²) in [5, 5.41) is 3.33. The summed E-state index contributed by atoms with van der Waals surface area (Å²) < 4.78 is 10.7. The number of nitrogens with one attached hydrogen (secondary N) is 1. The number of methoxy groups -OCH3 is 1. The number of hydrogen-bond donors (Lipinski definition) is 2. The Morgan fingerprint density at radius 2 is 2.10 bits per heavy atom. The molecule has 5 nitrogen and oxygen atoms in total. The minimum absolute atomic E-state index is 0. The minimum atomic E-state index is -0.255. The number of hydrogen-bond acceptors (Lipinski definition) is 4. The van der Waals surface area contributed by atoms with Crippen LogP contribution < -0.4 is 15.8 Å². The smallest absolute Gasteiger partial charge is 0.222 e. The van der Waals surface area contributed by atoms with E-state index in [2.05, 4.69) is 5.32 Å². The molecule has 0 aromatic heterocycles. The van der Waals surface area contributed by atoms with Crippen LogP contribution in [0.3, 0.4) is 0 Å². The van der Waals surface area contributed by atoms with Crippen LogP contribution in [0.25, 0.3) is 0 Å². The SMILES string of the molecule is COC(CN)CC(=O)NCC(C)Oc1ccccc1Cl.Cl. The van der Waals surface area contributed by atoms with Crippen molar-refractivity contribution in [2.45, 2.75) is 25.6 Å². The molecular weight excluding hydrogens is 315 g/mol. The molecule has 1 aromatic carbocycles. The number of nitrogens with two attached hydrogens (primary N) is 1. The molecule has 120 valence electrons. The van der Waals surface area contributed by atoms with E-state index in [1.54, 1.807) is 12.1 Å². The first-order valence-corrected chi connectivity index (χ1v) is 6.85. The summed E-state index contributed by atoms with van der Waals surface area (Å²) in [5.41, 5.74) is 5.46. The summed E-state index contributed by atoms with van der Waals surface area (Å²) in [4.78, 5) is 11.7. The van der Waals surface area contributed by atoms with Gasteiger partial charge in [-0.25, -0.2) is 0 Å². The molecule has 3 N–H and O–H groups in total. The normalized spacial score (nSPS) is 13.0. The lowest BCUT2D eigenvalue weighted by molar-refractivity contribution is -0.123. The fourth-order valence-electron chi connectivity index (χ4n) is 1.60. The average Bonchev–Trinajstić information content (AvgIpc) is 2.45. The van der Waals surface area contributed by atoms with E-state index in [4.69, 9.17) is 26.8 Å². The van der Waals surface area contributed by atoms with E-state index >= 15 is 0 Å². The maximum Gasteiger partial charge on any atom is 0.222 e. The van der Waals surface area contributed by atoms with Gasteiger partial charge >= 0.3 is 0 Å². The van der Waals surface area contributed by atoms with Gasteiger partial charge in [-0.15, -0.1) is 12.4 Å². The number of benzene rings is 1. The van der Waals surface area contributed by atoms with E-state index in [-0.39, 0.29) is 36.9 Å². The Hall–Kier alpha value is -1.01. The molecule has 0 radical (unpaired) electrons. The van der Waals surface area contributed by atoms with Gasteiger partial charge in [-0.3, -0.25) is 4.79 Å². The molecule has 2 unspecified atom stereocenters. The van der Waals surface area contributed by atoms with Crippen molar-refractivity contribution in [2.24, 2.45) is 5.73 Å². The first-order chi connectivity index (χ1) is 9.56. The number of ether oxygens (including phenoxy) is 2. The molecular formula is C14H22Cl2N2O3. The summed E-state index contributed by atoms with van der Waals surface area (Å²) in [6.07, 6.45) is -0.196. The van der Waals surface area contributed by atoms with Crippen LogP contribution in [0.1, 0.15) is 13.3 Å². The summed E-state index contributed by atoms with van der Waals surface area (Å²) in [7, 11) is 1.54. The second-order valence-corrected chi connectivity index (χ2v) is 4.87. The van der Waals surface area contributed by atoms with Crippen LogP contribution in [0.5, 0.6) is 5.75 Å². The summed E-state index contributed by atoms with van der Waals surface area (Å²) in [6.45, 7) is 2.57. The molecule has 1 aromatic rings. The van der Waals surface area contributed by atoms with Crippen molar-refractivity contribution in [1.82, 2.24) is 5.32 Å². The third-order valence-corrected chi connectivity index (χ3v) is 3.07. The lowest BCUT2D eigenvalue weighted by Gasteiger charge is -2.17. The van der Waals surface area contributed by atoms with Gasteiger partial charge in [-0.2, -0.15) is 0 Å². The first kappa shape index (κ1) is 20.0. The van der Waals surface area contributed by atoms with Crippen molar-refractivity contribution in [3.8, 4) is 5.75 Å². The maximum atomic E-state index is 11.7. The largest absolute Gasteiger partial charge is 0.487 e. The van der Waals surface area contributed by atoms with Crippen molar-refractivity contribution in [3.63, 3.8) is 0 Å². The van der Waals surface area contributed by atoms with Crippen LogP contribution in [-0.2, 0) is 9.53 Å². The first-order valence-electron chi connectivity index (χ1n) is 6.47. The molecule has 2 atom stereocenters. The maximum absolute atomic E-state index is 11.7. The molecule has 0 spiro atoms. The van der Waals surface area contributed by atoms with Gasteiger partial charge in [-0.1, -0.05) is 23.7 Å². The minimum Gasteiger partial charge on any atom is -0.487 e. The predicted octanol–water partition coefficient (Wildman–Crippen LogP) is 2.01. The highest BCUT2D eigenvalue weighted by molar-refractivity contribution is 6.32. The van der Waals surface area contributed by atoms with Crippen molar-refractivity contribution >= 4 is 29.9 Å². The zero-order chi connectivity index (χ0) is 15.0. The fraction of sp³-hybridized carbons (Fsp3) is 0.500. The Balaban J connectivity index is 0.00000400. The Bertz CT molecular complexity index is 428. The molecule has 0 aliphatic rings. The highest BCUT2D eigenvalue weighted by Gasteiger charge is 2.13. The third-order valence-electron chi connectivity index (χ3n) is 2.76. The number of carbonyl (C=O) groups is 1. The van der Waals surface area contributed by atoms with Crippen molar-refractivity contribution in [3.05, 3.63) is 29.3 Å².